The number of nitro groups is 1. The summed E-state index contributed by atoms with van der Waals surface area (Å²) >= 11 is 3.15. The Morgan fingerprint density at radius 1 is 1.60 bits per heavy atom. The fourth-order valence-electron chi connectivity index (χ4n) is 1.48. The minimum atomic E-state index is -0.647. The summed E-state index contributed by atoms with van der Waals surface area (Å²) in [5.41, 5.74) is 0.176. The number of hydrogen-bond acceptors (Lipinski definition) is 5. The number of benzene rings is 1. The third-order valence-electron chi connectivity index (χ3n) is 2.33. The van der Waals surface area contributed by atoms with Crippen molar-refractivity contribution in [2.24, 2.45) is 0 Å². The Morgan fingerprint density at radius 2 is 2.30 bits per heavy atom. The molecule has 0 aliphatic rings. The van der Waals surface area contributed by atoms with E-state index in [4.69, 9.17) is 10.00 Å². The molecule has 0 aliphatic carbocycles. The summed E-state index contributed by atoms with van der Waals surface area (Å²) in [6.45, 7) is 1.81. The van der Waals surface area contributed by atoms with E-state index in [0.717, 1.165) is 0 Å². The van der Waals surface area contributed by atoms with Gasteiger partial charge < -0.3 is 4.74 Å². The average Bonchev–Trinajstić information content (AvgIpc) is 2.40. The Hall–Kier alpha value is -2.20. The van der Waals surface area contributed by atoms with E-state index in [1.807, 2.05) is 6.07 Å². The maximum Gasteiger partial charge on any atom is 0.335 e. The van der Waals surface area contributed by atoms with Gasteiger partial charge in [-0.25, -0.2) is 4.79 Å². The van der Waals surface area contributed by atoms with E-state index in [2.05, 4.69) is 15.9 Å². The summed E-state index contributed by atoms with van der Waals surface area (Å²) in [4.78, 5) is 22.1. The van der Waals surface area contributed by atoms with Gasteiger partial charge in [0.2, 0.25) is 0 Å². The number of ether oxygens (including phenoxy) is 1. The van der Waals surface area contributed by atoms with Crippen LogP contribution >= 0.6 is 15.9 Å². The van der Waals surface area contributed by atoms with Gasteiger partial charge in [0.1, 0.15) is 0 Å². The lowest BCUT2D eigenvalue weighted by Gasteiger charge is -2.04. The summed E-state index contributed by atoms with van der Waals surface area (Å²) in [5, 5.41) is 19.7. The van der Waals surface area contributed by atoms with Crippen LogP contribution in [0.5, 0.6) is 0 Å². The van der Waals surface area contributed by atoms with E-state index in [0.29, 0.717) is 4.47 Å². The fourth-order valence-corrected chi connectivity index (χ4v) is 1.82. The van der Waals surface area contributed by atoms with Gasteiger partial charge in [0.15, 0.2) is 0 Å². The highest BCUT2D eigenvalue weighted by molar-refractivity contribution is 9.10. The maximum atomic E-state index is 11.7. The van der Waals surface area contributed by atoms with Crippen LogP contribution in [-0.4, -0.2) is 17.5 Å². The molecule has 104 valence electrons. The van der Waals surface area contributed by atoms with Gasteiger partial charge in [-0.1, -0.05) is 15.9 Å². The van der Waals surface area contributed by atoms with Crippen LogP contribution in [0.1, 0.15) is 18.9 Å². The van der Waals surface area contributed by atoms with Gasteiger partial charge in [-0.3, -0.25) is 10.1 Å². The van der Waals surface area contributed by atoms with Crippen LogP contribution in [0, 0.1) is 21.4 Å². The van der Waals surface area contributed by atoms with E-state index in [-0.39, 0.29) is 29.9 Å². The molecule has 7 heteroatoms. The van der Waals surface area contributed by atoms with Crippen LogP contribution in [0.25, 0.3) is 6.08 Å². The Labute approximate surface area is 123 Å². The molecule has 0 fully saturated rings. The molecule has 1 aromatic carbocycles. The highest BCUT2D eigenvalue weighted by Crippen LogP contribution is 2.26. The third-order valence-corrected chi connectivity index (χ3v) is 2.82. The van der Waals surface area contributed by atoms with Crippen molar-refractivity contribution in [2.45, 2.75) is 13.3 Å². The Bertz CT molecular complexity index is 605. The predicted molar refractivity (Wildman–Crippen MR) is 75.6 cm³/mol. The number of carbonyl (C=O) groups is 1. The van der Waals surface area contributed by atoms with Gasteiger partial charge in [-0.2, -0.15) is 5.26 Å². The molecule has 0 unspecified atom stereocenters. The Balaban J connectivity index is 3.27. The van der Waals surface area contributed by atoms with Gasteiger partial charge in [-0.05, 0) is 25.1 Å². The summed E-state index contributed by atoms with van der Waals surface area (Å²) in [6, 6.07) is 6.29. The standard InChI is InChI=1S/C13H11BrN2O4/c1-2-20-13(17)10(5-6-15)7-9-3-4-11(14)8-12(9)16(18)19/h3-4,7-8H,2,5H2,1H3/b10-7+. The molecule has 0 bridgehead atoms. The highest BCUT2D eigenvalue weighted by Gasteiger charge is 2.16. The molecule has 0 heterocycles. The van der Waals surface area contributed by atoms with Gasteiger partial charge in [0.25, 0.3) is 5.69 Å². The fraction of sp³-hybridized carbons (Fsp3) is 0.231. The molecule has 0 aliphatic heterocycles. The smallest absolute Gasteiger partial charge is 0.335 e. The van der Waals surface area contributed by atoms with Crippen LogP contribution < -0.4 is 0 Å². The second kappa shape index (κ2) is 7.40. The number of hydrogen-bond donors (Lipinski definition) is 0. The van der Waals surface area contributed by atoms with E-state index in [9.17, 15) is 14.9 Å². The molecule has 0 aromatic heterocycles. The molecule has 0 saturated carbocycles. The number of carbonyl (C=O) groups excluding carboxylic acids is 1. The number of halogens is 1. The molecule has 0 spiro atoms. The van der Waals surface area contributed by atoms with Crippen molar-refractivity contribution < 1.29 is 14.5 Å². The summed E-state index contributed by atoms with van der Waals surface area (Å²) < 4.78 is 5.37. The minimum Gasteiger partial charge on any atom is -0.463 e. The summed E-state index contributed by atoms with van der Waals surface area (Å²) in [5.74, 6) is -0.647. The van der Waals surface area contributed by atoms with Crippen molar-refractivity contribution >= 4 is 33.7 Å². The number of nitrogens with zero attached hydrogens (tertiary/aromatic N) is 2. The van der Waals surface area contributed by atoms with Crippen molar-refractivity contribution in [3.8, 4) is 6.07 Å². The first-order chi connectivity index (χ1) is 9.49. The van der Waals surface area contributed by atoms with E-state index in [1.165, 1.54) is 18.2 Å². The van der Waals surface area contributed by atoms with Crippen LogP contribution in [-0.2, 0) is 9.53 Å². The topological polar surface area (TPSA) is 93.2 Å². The van der Waals surface area contributed by atoms with Gasteiger partial charge in [-0.15, -0.1) is 0 Å². The van der Waals surface area contributed by atoms with Crippen molar-refractivity contribution in [2.75, 3.05) is 6.61 Å². The highest BCUT2D eigenvalue weighted by atomic mass is 79.9. The van der Waals surface area contributed by atoms with Crippen LogP contribution in [0.2, 0.25) is 0 Å². The lowest BCUT2D eigenvalue weighted by molar-refractivity contribution is -0.385. The third kappa shape index (κ3) is 4.17. The van der Waals surface area contributed by atoms with Crippen molar-refractivity contribution in [1.82, 2.24) is 0 Å². The molecule has 0 atom stereocenters. The molecular formula is C13H11BrN2O4. The van der Waals surface area contributed by atoms with Gasteiger partial charge in [0, 0.05) is 10.5 Å². The van der Waals surface area contributed by atoms with Crippen molar-refractivity contribution in [3.63, 3.8) is 0 Å². The second-order valence-corrected chi connectivity index (χ2v) is 4.60. The number of nitro benzene ring substituents is 1. The van der Waals surface area contributed by atoms with Gasteiger partial charge in [0.05, 0.1) is 35.2 Å². The molecule has 0 radical (unpaired) electrons. The quantitative estimate of drug-likeness (QED) is 0.355. The number of rotatable bonds is 5. The minimum absolute atomic E-state index is 0.0831. The molecule has 1 aromatic rings. The first-order valence-electron chi connectivity index (χ1n) is 5.68. The second-order valence-electron chi connectivity index (χ2n) is 3.69. The first kappa shape index (κ1) is 15.9. The zero-order valence-electron chi connectivity index (χ0n) is 10.6. The molecule has 0 saturated heterocycles. The zero-order valence-corrected chi connectivity index (χ0v) is 12.2. The summed E-state index contributed by atoms with van der Waals surface area (Å²) in [7, 11) is 0. The molecule has 0 N–H and O–H groups in total. The number of esters is 1. The van der Waals surface area contributed by atoms with E-state index >= 15 is 0 Å². The van der Waals surface area contributed by atoms with Crippen molar-refractivity contribution in [3.05, 3.63) is 43.9 Å². The predicted octanol–water partition coefficient (Wildman–Crippen LogP) is 3.22. The van der Waals surface area contributed by atoms with Crippen molar-refractivity contribution in [1.29, 1.82) is 5.26 Å². The van der Waals surface area contributed by atoms with Crippen LogP contribution in [0.4, 0.5) is 5.69 Å². The average molecular weight is 339 g/mol. The van der Waals surface area contributed by atoms with E-state index < -0.39 is 10.9 Å². The normalized spacial score (nSPS) is 10.8. The monoisotopic (exact) mass is 338 g/mol. The van der Waals surface area contributed by atoms with Gasteiger partial charge >= 0.3 is 5.97 Å². The Morgan fingerprint density at radius 3 is 2.85 bits per heavy atom. The molecule has 20 heavy (non-hydrogen) atoms. The molecular weight excluding hydrogens is 328 g/mol. The zero-order chi connectivity index (χ0) is 15.1. The number of nitriles is 1. The maximum absolute atomic E-state index is 11.7. The lowest BCUT2D eigenvalue weighted by Crippen LogP contribution is -2.07. The SMILES string of the molecule is CCOC(=O)/C(=C/c1ccc(Br)cc1[N+](=O)[O-])CC#N. The van der Waals surface area contributed by atoms with Crippen LogP contribution in [0.15, 0.2) is 28.2 Å². The Kier molecular flexibility index (Phi) is 5.87. The summed E-state index contributed by atoms with van der Waals surface area (Å²) in [6.07, 6.45) is 1.14. The first-order valence-corrected chi connectivity index (χ1v) is 6.47. The van der Waals surface area contributed by atoms with Crippen LogP contribution in [0.3, 0.4) is 0 Å². The van der Waals surface area contributed by atoms with E-state index in [1.54, 1.807) is 13.0 Å². The largest absolute Gasteiger partial charge is 0.463 e. The lowest BCUT2D eigenvalue weighted by atomic mass is 10.1. The molecule has 1 rings (SSSR count). The molecule has 6 nitrogen and oxygen atoms in total. The molecule has 0 amide bonds.